The molecule has 0 aliphatic heterocycles. The number of halogens is 1. The van der Waals surface area contributed by atoms with Gasteiger partial charge in [0, 0.05) is 17.6 Å². The molecule has 1 amide bonds. The van der Waals surface area contributed by atoms with Gasteiger partial charge in [0.2, 0.25) is 0 Å². The van der Waals surface area contributed by atoms with Crippen molar-refractivity contribution in [2.24, 2.45) is 5.92 Å². The van der Waals surface area contributed by atoms with E-state index in [0.717, 1.165) is 17.4 Å². The van der Waals surface area contributed by atoms with Crippen LogP contribution in [-0.4, -0.2) is 17.4 Å². The molecule has 1 N–H and O–H groups in total. The predicted molar refractivity (Wildman–Crippen MR) is 96.1 cm³/mol. The first-order chi connectivity index (χ1) is 11.9. The molecule has 0 unspecified atom stereocenters. The Morgan fingerprint density at radius 3 is 2.52 bits per heavy atom. The highest BCUT2D eigenvalue weighted by atomic mass is 35.5. The fraction of sp³-hybridized carbons (Fsp3) is 0.278. The summed E-state index contributed by atoms with van der Waals surface area (Å²) in [4.78, 5) is 22.6. The Morgan fingerprint density at radius 2 is 1.92 bits per heavy atom. The molecule has 0 aromatic heterocycles. The SMILES string of the molecule is CC(C)COc1ccc(CNC(=O)c2ccc(Cl)cc2[N+](=O)[O-])cc1. The minimum atomic E-state index is -0.623. The molecule has 0 bridgehead atoms. The summed E-state index contributed by atoms with van der Waals surface area (Å²) in [7, 11) is 0. The summed E-state index contributed by atoms with van der Waals surface area (Å²) >= 11 is 5.75. The maximum atomic E-state index is 12.2. The number of nitrogens with zero attached hydrogens (tertiary/aromatic N) is 1. The molecule has 6 nitrogen and oxygen atoms in total. The Morgan fingerprint density at radius 1 is 1.24 bits per heavy atom. The number of benzene rings is 2. The Hall–Kier alpha value is -2.60. The van der Waals surface area contributed by atoms with Crippen LogP contribution >= 0.6 is 11.6 Å². The molecule has 0 heterocycles. The van der Waals surface area contributed by atoms with E-state index in [9.17, 15) is 14.9 Å². The van der Waals surface area contributed by atoms with Crippen molar-refractivity contribution in [3.05, 3.63) is 68.7 Å². The second kappa shape index (κ2) is 8.48. The minimum Gasteiger partial charge on any atom is -0.493 e. The highest BCUT2D eigenvalue weighted by molar-refractivity contribution is 6.31. The van der Waals surface area contributed by atoms with Crippen molar-refractivity contribution in [3.63, 3.8) is 0 Å². The van der Waals surface area contributed by atoms with Crippen LogP contribution in [0.4, 0.5) is 5.69 Å². The van der Waals surface area contributed by atoms with E-state index >= 15 is 0 Å². The number of carbonyl (C=O) groups excluding carboxylic acids is 1. The van der Waals surface area contributed by atoms with Gasteiger partial charge in [-0.25, -0.2) is 0 Å². The van der Waals surface area contributed by atoms with E-state index in [-0.39, 0.29) is 22.8 Å². The van der Waals surface area contributed by atoms with Crippen molar-refractivity contribution >= 4 is 23.2 Å². The van der Waals surface area contributed by atoms with Gasteiger partial charge in [-0.2, -0.15) is 0 Å². The fourth-order valence-electron chi connectivity index (χ4n) is 2.09. The van der Waals surface area contributed by atoms with Crippen LogP contribution in [0.2, 0.25) is 5.02 Å². The van der Waals surface area contributed by atoms with Gasteiger partial charge in [0.1, 0.15) is 11.3 Å². The van der Waals surface area contributed by atoms with E-state index in [2.05, 4.69) is 19.2 Å². The summed E-state index contributed by atoms with van der Waals surface area (Å²) in [5.41, 5.74) is 0.524. The van der Waals surface area contributed by atoms with Gasteiger partial charge >= 0.3 is 0 Å². The second-order valence-corrected chi connectivity index (χ2v) is 6.39. The smallest absolute Gasteiger partial charge is 0.283 e. The molecule has 0 fully saturated rings. The second-order valence-electron chi connectivity index (χ2n) is 5.95. The largest absolute Gasteiger partial charge is 0.493 e. The number of nitro groups is 1. The lowest BCUT2D eigenvalue weighted by molar-refractivity contribution is -0.385. The number of hydrogen-bond donors (Lipinski definition) is 1. The number of ether oxygens (including phenoxy) is 1. The summed E-state index contributed by atoms with van der Waals surface area (Å²) in [5.74, 6) is 0.676. The van der Waals surface area contributed by atoms with Crippen molar-refractivity contribution in [3.8, 4) is 5.75 Å². The fourth-order valence-corrected chi connectivity index (χ4v) is 2.26. The molecule has 7 heteroatoms. The molecule has 0 saturated carbocycles. The molecule has 0 aliphatic carbocycles. The quantitative estimate of drug-likeness (QED) is 0.590. The van der Waals surface area contributed by atoms with Crippen molar-refractivity contribution < 1.29 is 14.5 Å². The molecule has 0 saturated heterocycles. The molecule has 0 atom stereocenters. The van der Waals surface area contributed by atoms with Gasteiger partial charge in [0.25, 0.3) is 11.6 Å². The third kappa shape index (κ3) is 5.46. The lowest BCUT2D eigenvalue weighted by Crippen LogP contribution is -2.23. The van der Waals surface area contributed by atoms with E-state index in [4.69, 9.17) is 16.3 Å². The maximum Gasteiger partial charge on any atom is 0.283 e. The number of amides is 1. The van der Waals surface area contributed by atoms with Crippen LogP contribution in [0.3, 0.4) is 0 Å². The summed E-state index contributed by atoms with van der Waals surface area (Å²) < 4.78 is 5.60. The zero-order valence-corrected chi connectivity index (χ0v) is 14.7. The first kappa shape index (κ1) is 18.7. The van der Waals surface area contributed by atoms with Crippen molar-refractivity contribution in [2.45, 2.75) is 20.4 Å². The van der Waals surface area contributed by atoms with Crippen LogP contribution in [0.15, 0.2) is 42.5 Å². The van der Waals surface area contributed by atoms with Crippen molar-refractivity contribution in [1.29, 1.82) is 0 Å². The van der Waals surface area contributed by atoms with Gasteiger partial charge in [-0.05, 0) is 35.7 Å². The highest BCUT2D eigenvalue weighted by Crippen LogP contribution is 2.23. The summed E-state index contributed by atoms with van der Waals surface area (Å²) in [6.45, 7) is 5.03. The number of nitrogens with one attached hydrogen (secondary N) is 1. The van der Waals surface area contributed by atoms with Crippen LogP contribution in [0.5, 0.6) is 5.75 Å². The third-order valence-corrected chi connectivity index (χ3v) is 3.60. The van der Waals surface area contributed by atoms with Gasteiger partial charge in [0.15, 0.2) is 0 Å². The lowest BCUT2D eigenvalue weighted by Gasteiger charge is -2.10. The molecular weight excluding hydrogens is 344 g/mol. The van der Waals surface area contributed by atoms with Gasteiger partial charge in [-0.1, -0.05) is 37.6 Å². The van der Waals surface area contributed by atoms with E-state index in [1.165, 1.54) is 12.1 Å². The zero-order valence-electron chi connectivity index (χ0n) is 14.0. The average molecular weight is 363 g/mol. The van der Waals surface area contributed by atoms with Crippen LogP contribution in [-0.2, 0) is 6.54 Å². The summed E-state index contributed by atoms with van der Waals surface area (Å²) in [6, 6.07) is 11.3. The molecule has 25 heavy (non-hydrogen) atoms. The predicted octanol–water partition coefficient (Wildman–Crippen LogP) is 4.21. The Labute approximate surface area is 150 Å². The third-order valence-electron chi connectivity index (χ3n) is 3.36. The van der Waals surface area contributed by atoms with Gasteiger partial charge in [0.05, 0.1) is 11.5 Å². The standard InChI is InChI=1S/C18H19ClN2O4/c1-12(2)11-25-15-6-3-13(4-7-15)10-20-18(22)16-8-5-14(19)9-17(16)21(23)24/h3-9,12H,10-11H2,1-2H3,(H,20,22). The first-order valence-electron chi connectivity index (χ1n) is 7.80. The van der Waals surface area contributed by atoms with Crippen LogP contribution < -0.4 is 10.1 Å². The Balaban J connectivity index is 1.99. The molecule has 0 radical (unpaired) electrons. The molecule has 132 valence electrons. The lowest BCUT2D eigenvalue weighted by atomic mass is 10.1. The highest BCUT2D eigenvalue weighted by Gasteiger charge is 2.20. The molecule has 2 aromatic carbocycles. The van der Waals surface area contributed by atoms with Gasteiger partial charge in [-0.3, -0.25) is 14.9 Å². The van der Waals surface area contributed by atoms with Crippen LogP contribution in [0.1, 0.15) is 29.8 Å². The number of rotatable bonds is 7. The molecule has 0 spiro atoms. The Kier molecular flexibility index (Phi) is 6.36. The summed E-state index contributed by atoms with van der Waals surface area (Å²) in [6.07, 6.45) is 0. The number of nitro benzene ring substituents is 1. The van der Waals surface area contributed by atoms with Gasteiger partial charge in [-0.15, -0.1) is 0 Å². The average Bonchev–Trinajstić information content (AvgIpc) is 2.58. The molecule has 0 aliphatic rings. The molecule has 2 rings (SSSR count). The van der Waals surface area contributed by atoms with E-state index in [0.29, 0.717) is 12.5 Å². The number of carbonyl (C=O) groups is 1. The maximum absolute atomic E-state index is 12.2. The summed E-state index contributed by atoms with van der Waals surface area (Å²) in [5, 5.41) is 13.9. The van der Waals surface area contributed by atoms with E-state index in [1.54, 1.807) is 0 Å². The normalized spacial score (nSPS) is 10.6. The van der Waals surface area contributed by atoms with Crippen LogP contribution in [0.25, 0.3) is 0 Å². The molecular formula is C18H19ClN2O4. The topological polar surface area (TPSA) is 81.5 Å². The molecule has 2 aromatic rings. The monoisotopic (exact) mass is 362 g/mol. The Bertz CT molecular complexity index is 760. The van der Waals surface area contributed by atoms with Crippen molar-refractivity contribution in [1.82, 2.24) is 5.32 Å². The van der Waals surface area contributed by atoms with Crippen LogP contribution in [0, 0.1) is 16.0 Å². The first-order valence-corrected chi connectivity index (χ1v) is 8.18. The number of hydrogen-bond acceptors (Lipinski definition) is 4. The van der Waals surface area contributed by atoms with E-state index < -0.39 is 10.8 Å². The van der Waals surface area contributed by atoms with Crippen molar-refractivity contribution in [2.75, 3.05) is 6.61 Å². The van der Waals surface area contributed by atoms with E-state index in [1.807, 2.05) is 24.3 Å². The van der Waals surface area contributed by atoms with Gasteiger partial charge < -0.3 is 10.1 Å². The minimum absolute atomic E-state index is 0.0220. The zero-order chi connectivity index (χ0) is 18.4.